The number of hydrogen-bond donors (Lipinski definition) is 1. The molecule has 1 heterocycles. The van der Waals surface area contributed by atoms with Crippen LogP contribution in [0.5, 0.6) is 0 Å². The Morgan fingerprint density at radius 2 is 1.58 bits per heavy atom. The molecule has 19 heavy (non-hydrogen) atoms. The van der Waals surface area contributed by atoms with Crippen LogP contribution in [0.1, 0.15) is 11.1 Å². The van der Waals surface area contributed by atoms with E-state index in [1.54, 1.807) is 0 Å². The third-order valence-corrected chi connectivity index (χ3v) is 3.03. The van der Waals surface area contributed by atoms with Crippen molar-refractivity contribution in [1.29, 1.82) is 0 Å². The van der Waals surface area contributed by atoms with Crippen molar-refractivity contribution in [3.05, 3.63) is 71.9 Å². The Morgan fingerprint density at radius 3 is 2.42 bits per heavy atom. The van der Waals surface area contributed by atoms with Crippen LogP contribution in [0.3, 0.4) is 0 Å². The van der Waals surface area contributed by atoms with Crippen LogP contribution < -0.4 is 5.73 Å². The van der Waals surface area contributed by atoms with E-state index < -0.39 is 0 Å². The number of fused-ring (bicyclic) bond motifs is 1. The normalized spacial score (nSPS) is 11.2. The number of aromatic nitrogens is 1. The quantitative estimate of drug-likeness (QED) is 0.548. The maximum Gasteiger partial charge on any atom is 0.0707 e. The lowest BCUT2D eigenvalue weighted by atomic mass is 10.1. The van der Waals surface area contributed by atoms with Crippen LogP contribution >= 0.6 is 0 Å². The lowest BCUT2D eigenvalue weighted by Crippen LogP contribution is -1.82. The molecule has 3 rings (SSSR count). The number of hydrogen-bond acceptors (Lipinski definition) is 2. The van der Waals surface area contributed by atoms with E-state index in [2.05, 4.69) is 41.4 Å². The molecule has 0 saturated carbocycles. The molecule has 0 aliphatic carbocycles. The Labute approximate surface area is 112 Å². The van der Waals surface area contributed by atoms with E-state index >= 15 is 0 Å². The minimum atomic E-state index is 0.784. The molecular weight excluding hydrogens is 232 g/mol. The number of benzene rings is 2. The highest BCUT2D eigenvalue weighted by molar-refractivity contribution is 5.82. The van der Waals surface area contributed by atoms with Crippen molar-refractivity contribution in [2.24, 2.45) is 0 Å². The fourth-order valence-corrected chi connectivity index (χ4v) is 1.99. The first-order valence-electron chi connectivity index (χ1n) is 6.20. The molecule has 0 spiro atoms. The van der Waals surface area contributed by atoms with Crippen LogP contribution in [0.4, 0.5) is 5.69 Å². The van der Waals surface area contributed by atoms with Crippen molar-refractivity contribution in [3.8, 4) is 0 Å². The summed E-state index contributed by atoms with van der Waals surface area (Å²) >= 11 is 0. The molecule has 0 amide bonds. The molecule has 0 fully saturated rings. The first-order valence-corrected chi connectivity index (χ1v) is 6.20. The van der Waals surface area contributed by atoms with E-state index in [0.29, 0.717) is 0 Å². The number of nitrogens with zero attached hydrogens (tertiary/aromatic N) is 1. The number of anilines is 1. The number of nitrogens with two attached hydrogens (primary N) is 1. The van der Waals surface area contributed by atoms with E-state index in [-0.39, 0.29) is 0 Å². The standard InChI is InChI=1S/C17H14N2/c18-16-9-6-13(7-10-16)3-4-14-5-8-15-2-1-11-19-17(15)12-14/h1-12H,18H2/b4-3+. The monoisotopic (exact) mass is 246 g/mol. The van der Waals surface area contributed by atoms with Gasteiger partial charge in [0.05, 0.1) is 5.52 Å². The van der Waals surface area contributed by atoms with E-state index in [0.717, 1.165) is 27.7 Å². The molecule has 1 aromatic heterocycles. The van der Waals surface area contributed by atoms with Gasteiger partial charge in [-0.25, -0.2) is 0 Å². The minimum Gasteiger partial charge on any atom is -0.399 e. The fraction of sp³-hybridized carbons (Fsp3) is 0. The van der Waals surface area contributed by atoms with Crippen molar-refractivity contribution >= 4 is 28.7 Å². The molecule has 92 valence electrons. The van der Waals surface area contributed by atoms with Crippen LogP contribution in [0, 0.1) is 0 Å². The average Bonchev–Trinajstić information content (AvgIpc) is 2.46. The summed E-state index contributed by atoms with van der Waals surface area (Å²) in [6.07, 6.45) is 5.97. The summed E-state index contributed by atoms with van der Waals surface area (Å²) in [6.45, 7) is 0. The second-order valence-corrected chi connectivity index (χ2v) is 4.46. The van der Waals surface area contributed by atoms with Crippen molar-refractivity contribution in [2.75, 3.05) is 5.73 Å². The van der Waals surface area contributed by atoms with Gasteiger partial charge in [-0.2, -0.15) is 0 Å². The van der Waals surface area contributed by atoms with Gasteiger partial charge in [0.25, 0.3) is 0 Å². The van der Waals surface area contributed by atoms with E-state index in [1.807, 2.05) is 36.5 Å². The Kier molecular flexibility index (Phi) is 2.99. The van der Waals surface area contributed by atoms with Crippen molar-refractivity contribution in [2.45, 2.75) is 0 Å². The maximum absolute atomic E-state index is 5.66. The van der Waals surface area contributed by atoms with Crippen LogP contribution in [0.2, 0.25) is 0 Å². The van der Waals surface area contributed by atoms with Gasteiger partial charge >= 0.3 is 0 Å². The van der Waals surface area contributed by atoms with Gasteiger partial charge in [-0.1, -0.05) is 42.5 Å². The van der Waals surface area contributed by atoms with E-state index in [9.17, 15) is 0 Å². The molecule has 2 aromatic carbocycles. The largest absolute Gasteiger partial charge is 0.399 e. The van der Waals surface area contributed by atoms with Gasteiger partial charge in [0.15, 0.2) is 0 Å². The topological polar surface area (TPSA) is 38.9 Å². The zero-order chi connectivity index (χ0) is 13.1. The average molecular weight is 246 g/mol. The Balaban J connectivity index is 1.90. The predicted molar refractivity (Wildman–Crippen MR) is 81.5 cm³/mol. The van der Waals surface area contributed by atoms with Gasteiger partial charge in [0, 0.05) is 17.3 Å². The molecular formula is C17H14N2. The summed E-state index contributed by atoms with van der Waals surface area (Å²) in [5.74, 6) is 0. The zero-order valence-electron chi connectivity index (χ0n) is 10.5. The number of nitrogen functional groups attached to an aromatic ring is 1. The summed E-state index contributed by atoms with van der Waals surface area (Å²) in [7, 11) is 0. The minimum absolute atomic E-state index is 0.784. The summed E-state index contributed by atoms with van der Waals surface area (Å²) in [5.41, 5.74) is 9.74. The number of pyridine rings is 1. The molecule has 0 aliphatic heterocycles. The molecule has 2 heteroatoms. The SMILES string of the molecule is Nc1ccc(/C=C/c2ccc3cccnc3c2)cc1. The van der Waals surface area contributed by atoms with Crippen LogP contribution in [-0.4, -0.2) is 4.98 Å². The molecule has 0 bridgehead atoms. The van der Waals surface area contributed by atoms with E-state index in [1.165, 1.54) is 0 Å². The summed E-state index contributed by atoms with van der Waals surface area (Å²) < 4.78 is 0. The molecule has 0 atom stereocenters. The first kappa shape index (κ1) is 11.5. The van der Waals surface area contributed by atoms with Crippen LogP contribution in [0.25, 0.3) is 23.1 Å². The molecule has 3 aromatic rings. The van der Waals surface area contributed by atoms with Gasteiger partial charge in [0.2, 0.25) is 0 Å². The van der Waals surface area contributed by atoms with Crippen molar-refractivity contribution < 1.29 is 0 Å². The van der Waals surface area contributed by atoms with Gasteiger partial charge in [-0.05, 0) is 35.4 Å². The molecule has 0 radical (unpaired) electrons. The van der Waals surface area contributed by atoms with E-state index in [4.69, 9.17) is 5.73 Å². The highest BCUT2D eigenvalue weighted by Gasteiger charge is 1.94. The van der Waals surface area contributed by atoms with Crippen molar-refractivity contribution in [1.82, 2.24) is 4.98 Å². The van der Waals surface area contributed by atoms with Crippen LogP contribution in [-0.2, 0) is 0 Å². The fourth-order valence-electron chi connectivity index (χ4n) is 1.99. The van der Waals surface area contributed by atoms with Gasteiger partial charge in [-0.15, -0.1) is 0 Å². The third kappa shape index (κ3) is 2.63. The molecule has 0 aliphatic rings. The maximum atomic E-state index is 5.66. The lowest BCUT2D eigenvalue weighted by molar-refractivity contribution is 1.41. The number of rotatable bonds is 2. The van der Waals surface area contributed by atoms with Gasteiger partial charge < -0.3 is 5.73 Å². The Morgan fingerprint density at radius 1 is 0.842 bits per heavy atom. The van der Waals surface area contributed by atoms with Gasteiger partial charge in [0.1, 0.15) is 0 Å². The molecule has 2 N–H and O–H groups in total. The summed E-state index contributed by atoms with van der Waals surface area (Å²) in [6, 6.07) is 18.1. The summed E-state index contributed by atoms with van der Waals surface area (Å²) in [5, 5.41) is 1.16. The second kappa shape index (κ2) is 4.94. The Hall–Kier alpha value is -2.61. The highest BCUT2D eigenvalue weighted by atomic mass is 14.6. The zero-order valence-corrected chi connectivity index (χ0v) is 10.5. The second-order valence-electron chi connectivity index (χ2n) is 4.46. The molecule has 0 unspecified atom stereocenters. The lowest BCUT2D eigenvalue weighted by Gasteiger charge is -1.99. The first-order chi connectivity index (χ1) is 9.31. The van der Waals surface area contributed by atoms with Gasteiger partial charge in [-0.3, -0.25) is 4.98 Å². The molecule has 2 nitrogen and oxygen atoms in total. The highest BCUT2D eigenvalue weighted by Crippen LogP contribution is 2.16. The Bertz CT molecular complexity index is 728. The summed E-state index contributed by atoms with van der Waals surface area (Å²) in [4.78, 5) is 4.36. The molecule has 0 saturated heterocycles. The van der Waals surface area contributed by atoms with Crippen molar-refractivity contribution in [3.63, 3.8) is 0 Å². The smallest absolute Gasteiger partial charge is 0.0707 e. The third-order valence-electron chi connectivity index (χ3n) is 3.03. The van der Waals surface area contributed by atoms with Crippen LogP contribution in [0.15, 0.2) is 60.8 Å². The predicted octanol–water partition coefficient (Wildman–Crippen LogP) is 3.99.